The summed E-state index contributed by atoms with van der Waals surface area (Å²) in [4.78, 5) is 43.9. The quantitative estimate of drug-likeness (QED) is 0.135. The third kappa shape index (κ3) is 6.66. The van der Waals surface area contributed by atoms with Crippen LogP contribution >= 0.6 is 0 Å². The number of rotatable bonds is 11. The number of H-pyrrole nitrogens is 1. The van der Waals surface area contributed by atoms with Gasteiger partial charge in [0.2, 0.25) is 23.0 Å². The number of nitrogens with one attached hydrogen (secondary N) is 3. The second kappa shape index (κ2) is 14.8. The van der Waals surface area contributed by atoms with Crippen LogP contribution in [0.1, 0.15) is 41.6 Å². The fourth-order valence-electron chi connectivity index (χ4n) is 7.43. The van der Waals surface area contributed by atoms with Crippen molar-refractivity contribution in [3.63, 3.8) is 0 Å². The lowest BCUT2D eigenvalue weighted by Gasteiger charge is -2.20. The molecule has 1 aliphatic rings. The van der Waals surface area contributed by atoms with Gasteiger partial charge in [-0.05, 0) is 90.0 Å². The number of ether oxygens (including phenoxy) is 4. The third-order valence-corrected chi connectivity index (χ3v) is 9.88. The number of amides is 2. The average molecular weight is 716 g/mol. The molecule has 1 atom stereocenters. The van der Waals surface area contributed by atoms with Gasteiger partial charge in [0.05, 0.1) is 40.9 Å². The Bertz CT molecular complexity index is 2410. The minimum atomic E-state index is -0.502. The summed E-state index contributed by atoms with van der Waals surface area (Å²) in [6, 6.07) is 20.1. The molecule has 6 aromatic rings. The highest BCUT2D eigenvalue weighted by Crippen LogP contribution is 2.51. The molecule has 3 N–H and O–H groups in total. The molecule has 0 aliphatic heterocycles. The average Bonchev–Trinajstić information content (AvgIpc) is 3.66. The molecule has 0 bridgehead atoms. The first-order chi connectivity index (χ1) is 25.7. The zero-order chi connectivity index (χ0) is 37.2. The van der Waals surface area contributed by atoms with Crippen LogP contribution in [0.25, 0.3) is 44.3 Å². The summed E-state index contributed by atoms with van der Waals surface area (Å²) in [5.41, 5.74) is 5.90. The van der Waals surface area contributed by atoms with Crippen LogP contribution in [-0.2, 0) is 28.9 Å². The normalized spacial score (nSPS) is 13.5. The van der Waals surface area contributed by atoms with Crippen LogP contribution in [0, 0.1) is 0 Å². The van der Waals surface area contributed by atoms with Gasteiger partial charge in [-0.15, -0.1) is 0 Å². The van der Waals surface area contributed by atoms with E-state index in [1.165, 1.54) is 20.1 Å². The van der Waals surface area contributed by atoms with Crippen LogP contribution in [0.15, 0.2) is 82.1 Å². The Labute approximate surface area is 306 Å². The lowest BCUT2D eigenvalue weighted by molar-refractivity contribution is -0.121. The minimum absolute atomic E-state index is 0.0640. The molecular weight excluding hydrogens is 674 g/mol. The van der Waals surface area contributed by atoms with Crippen molar-refractivity contribution in [1.29, 1.82) is 0 Å². The summed E-state index contributed by atoms with van der Waals surface area (Å²) in [6.45, 7) is 1.86. The maximum absolute atomic E-state index is 14.3. The van der Waals surface area contributed by atoms with Crippen molar-refractivity contribution in [2.45, 2.75) is 38.6 Å². The molecular formula is C42H41N3O8. The van der Waals surface area contributed by atoms with Gasteiger partial charge in [-0.25, -0.2) is 0 Å². The summed E-state index contributed by atoms with van der Waals surface area (Å²) < 4.78 is 29.3. The van der Waals surface area contributed by atoms with Crippen LogP contribution in [-0.4, -0.2) is 51.8 Å². The summed E-state index contributed by atoms with van der Waals surface area (Å²) in [5.74, 6) is 1.90. The highest BCUT2D eigenvalue weighted by Gasteiger charge is 2.31. The van der Waals surface area contributed by atoms with Gasteiger partial charge in [-0.2, -0.15) is 0 Å². The molecule has 7 rings (SSSR count). The molecule has 2 heterocycles. The summed E-state index contributed by atoms with van der Waals surface area (Å²) in [6.07, 6.45) is 3.58. The molecule has 0 radical (unpaired) electrons. The van der Waals surface area contributed by atoms with Crippen molar-refractivity contribution >= 4 is 33.7 Å². The molecule has 11 nitrogen and oxygen atoms in total. The van der Waals surface area contributed by atoms with E-state index in [-0.39, 0.29) is 29.2 Å². The second-order valence-electron chi connectivity index (χ2n) is 13.0. The predicted octanol–water partition coefficient (Wildman–Crippen LogP) is 6.67. The van der Waals surface area contributed by atoms with Crippen molar-refractivity contribution in [1.82, 2.24) is 15.6 Å². The first kappa shape index (κ1) is 35.2. The van der Waals surface area contributed by atoms with Gasteiger partial charge in [0, 0.05) is 52.6 Å². The zero-order valence-electron chi connectivity index (χ0n) is 30.3. The van der Waals surface area contributed by atoms with Crippen molar-refractivity contribution in [2.24, 2.45) is 0 Å². The first-order valence-corrected chi connectivity index (χ1v) is 17.4. The summed E-state index contributed by atoms with van der Waals surface area (Å²) >= 11 is 0. The number of aromatic nitrogens is 1. The van der Waals surface area contributed by atoms with Crippen LogP contribution in [0.4, 0.5) is 0 Å². The molecule has 272 valence electrons. The van der Waals surface area contributed by atoms with Crippen molar-refractivity contribution in [2.75, 3.05) is 35.0 Å². The van der Waals surface area contributed by atoms with E-state index >= 15 is 0 Å². The van der Waals surface area contributed by atoms with Gasteiger partial charge >= 0.3 is 0 Å². The minimum Gasteiger partial charge on any atom is -0.497 e. The Morgan fingerprint density at radius 2 is 1.68 bits per heavy atom. The topological polar surface area (TPSA) is 141 Å². The monoisotopic (exact) mass is 715 g/mol. The molecule has 11 heteroatoms. The number of aryl methyl sites for hydroxylation is 1. The molecule has 2 amide bonds. The van der Waals surface area contributed by atoms with E-state index in [0.29, 0.717) is 87.8 Å². The molecule has 0 saturated carbocycles. The van der Waals surface area contributed by atoms with Gasteiger partial charge in [0.15, 0.2) is 17.1 Å². The summed E-state index contributed by atoms with van der Waals surface area (Å²) in [7, 11) is 6.24. The van der Waals surface area contributed by atoms with E-state index < -0.39 is 6.04 Å². The molecule has 53 heavy (non-hydrogen) atoms. The molecule has 0 fully saturated rings. The molecule has 1 aliphatic carbocycles. The van der Waals surface area contributed by atoms with Gasteiger partial charge < -0.3 is 39.0 Å². The van der Waals surface area contributed by atoms with E-state index in [4.69, 9.17) is 23.4 Å². The van der Waals surface area contributed by atoms with E-state index in [9.17, 15) is 14.4 Å². The fraction of sp³-hybridized carbons (Fsp3) is 0.262. The van der Waals surface area contributed by atoms with Gasteiger partial charge in [-0.3, -0.25) is 14.4 Å². The number of benzene rings is 3. The number of fused-ring (bicyclic) bond motifs is 5. The summed E-state index contributed by atoms with van der Waals surface area (Å²) in [5, 5.41) is 7.71. The second-order valence-corrected chi connectivity index (χ2v) is 13.0. The Morgan fingerprint density at radius 3 is 2.40 bits per heavy atom. The molecule has 0 saturated heterocycles. The maximum Gasteiger partial charge on any atom is 0.224 e. The maximum atomic E-state index is 14.3. The number of aromatic amines is 1. The van der Waals surface area contributed by atoms with Crippen LogP contribution in [0.2, 0.25) is 0 Å². The highest BCUT2D eigenvalue weighted by atomic mass is 16.5. The Balaban J connectivity index is 1.40. The first-order valence-electron chi connectivity index (χ1n) is 17.4. The van der Waals surface area contributed by atoms with E-state index in [1.54, 1.807) is 33.5 Å². The number of para-hydroxylation sites is 1. The van der Waals surface area contributed by atoms with Crippen molar-refractivity contribution < 1.29 is 33.0 Å². The smallest absolute Gasteiger partial charge is 0.224 e. The number of hydrogen-bond acceptors (Lipinski definition) is 8. The standard InChI is InChI=1S/C42H41N3O8/c1-23(46)45-34-15-12-25-18-36(50-3)41(51-4)42(52-5)38(25)30-19-31-32(21-37(48)43-17-16-26-22-44-33-9-7-6-8-28(26)33)39(24-10-13-27(49-2)14-11-24)53-40(31)35(47)20-29(30)34/h6-11,13-14,18-20,22,34,44H,12,15-17,21H2,1-5H3,(H,43,48)(H,45,46)/t34-/m0/s1. The van der Waals surface area contributed by atoms with Crippen LogP contribution in [0.5, 0.6) is 23.0 Å². The molecule has 0 spiro atoms. The number of furan rings is 1. The largest absolute Gasteiger partial charge is 0.497 e. The molecule has 0 unspecified atom stereocenters. The fourth-order valence-corrected chi connectivity index (χ4v) is 7.43. The van der Waals surface area contributed by atoms with Crippen molar-refractivity contribution in [3.8, 4) is 45.4 Å². The van der Waals surface area contributed by atoms with Crippen molar-refractivity contribution in [3.05, 3.63) is 105 Å². The predicted molar refractivity (Wildman–Crippen MR) is 203 cm³/mol. The van der Waals surface area contributed by atoms with Gasteiger partial charge in [-0.1, -0.05) is 18.2 Å². The lowest BCUT2D eigenvalue weighted by Crippen LogP contribution is -2.27. The van der Waals surface area contributed by atoms with Gasteiger partial charge in [0.25, 0.3) is 0 Å². The van der Waals surface area contributed by atoms with Gasteiger partial charge in [0.1, 0.15) is 11.5 Å². The zero-order valence-corrected chi connectivity index (χ0v) is 30.3. The number of hydrogen-bond donors (Lipinski definition) is 3. The highest BCUT2D eigenvalue weighted by molar-refractivity contribution is 5.96. The van der Waals surface area contributed by atoms with E-state index in [0.717, 1.165) is 22.0 Å². The third-order valence-electron chi connectivity index (χ3n) is 9.88. The SMILES string of the molecule is COc1ccc(-c2oc3c(=O)cc4c(cc3c2CC(=O)NCCc2c[nH]c3ccccc23)-c2c(cc(OC)c(OC)c2OC)CC[C@@H]4NC(C)=O)cc1. The Kier molecular flexibility index (Phi) is 9.82. The number of carbonyl (C=O) groups is 2. The Morgan fingerprint density at radius 1 is 0.906 bits per heavy atom. The van der Waals surface area contributed by atoms with E-state index in [2.05, 4.69) is 21.7 Å². The van der Waals surface area contributed by atoms with E-state index in [1.807, 2.05) is 48.7 Å². The Hall–Kier alpha value is -6.23. The van der Waals surface area contributed by atoms with Crippen LogP contribution < -0.4 is 35.0 Å². The lowest BCUT2D eigenvalue weighted by atomic mass is 9.94. The number of carbonyl (C=O) groups excluding carboxylic acids is 2. The number of methoxy groups -OCH3 is 4. The molecule has 2 aromatic heterocycles. The van der Waals surface area contributed by atoms with Crippen LogP contribution in [0.3, 0.4) is 0 Å². The molecule has 4 aromatic carbocycles.